The van der Waals surface area contributed by atoms with E-state index >= 15 is 0 Å². The highest BCUT2D eigenvalue weighted by Crippen LogP contribution is 2.32. The van der Waals surface area contributed by atoms with Crippen molar-refractivity contribution in [1.29, 1.82) is 0 Å². The van der Waals surface area contributed by atoms with Gasteiger partial charge in [0.05, 0.1) is 5.56 Å². The third-order valence-electron chi connectivity index (χ3n) is 4.68. The lowest BCUT2D eigenvalue weighted by Crippen LogP contribution is -2.33. The molecule has 1 fully saturated rings. The van der Waals surface area contributed by atoms with E-state index in [2.05, 4.69) is 10.4 Å². The molecule has 1 aromatic carbocycles. The van der Waals surface area contributed by atoms with Crippen molar-refractivity contribution in [3.8, 4) is 11.3 Å². The molecule has 3 heterocycles. The normalized spacial score (nSPS) is 17.8. The number of benzene rings is 1. The zero-order valence-corrected chi connectivity index (χ0v) is 13.8. The zero-order valence-electron chi connectivity index (χ0n) is 13.8. The summed E-state index contributed by atoms with van der Waals surface area (Å²) in [5.41, 5.74) is 2.97. The predicted molar refractivity (Wildman–Crippen MR) is 91.8 cm³/mol. The Bertz CT molecular complexity index is 895. The molecule has 2 aromatic heterocycles. The maximum atomic E-state index is 13.0. The number of likely N-dealkylation sites (N-methyl/N-ethyl adjacent to an activating group) is 1. The summed E-state index contributed by atoms with van der Waals surface area (Å²) in [4.78, 5) is 14.9. The van der Waals surface area contributed by atoms with Gasteiger partial charge in [-0.1, -0.05) is 18.2 Å². The Balaban J connectivity index is 1.74. The molecule has 1 saturated heterocycles. The zero-order chi connectivity index (χ0) is 16.7. The number of carbonyl (C=O) groups excluding carboxylic acids is 1. The summed E-state index contributed by atoms with van der Waals surface area (Å²) >= 11 is 0. The van der Waals surface area contributed by atoms with Crippen molar-refractivity contribution in [3.63, 3.8) is 0 Å². The number of carbonyl (C=O) groups is 1. The quantitative estimate of drug-likeness (QED) is 0.803. The standard InChI is InChI=1S/C18H20N4O2/c1-19-12-7-8-22(9-12)18(23)14-10-21(2)20-17(14)15-11-24-16-6-4-3-5-13(15)16/h3-6,10-12,19H,7-9H2,1-2H3. The summed E-state index contributed by atoms with van der Waals surface area (Å²) in [6, 6.07) is 8.17. The Morgan fingerprint density at radius 2 is 2.21 bits per heavy atom. The number of amides is 1. The maximum Gasteiger partial charge on any atom is 0.257 e. The second-order valence-electron chi connectivity index (χ2n) is 6.24. The van der Waals surface area contributed by atoms with Crippen molar-refractivity contribution in [2.24, 2.45) is 7.05 Å². The molecule has 3 aromatic rings. The number of fused-ring (bicyclic) bond motifs is 1. The molecule has 0 saturated carbocycles. The Morgan fingerprint density at radius 3 is 3.00 bits per heavy atom. The highest BCUT2D eigenvalue weighted by Gasteiger charge is 2.29. The molecule has 6 heteroatoms. The Kier molecular flexibility index (Phi) is 3.61. The molecular formula is C18H20N4O2. The van der Waals surface area contributed by atoms with E-state index in [1.54, 1.807) is 17.1 Å². The van der Waals surface area contributed by atoms with Crippen LogP contribution in [0.15, 0.2) is 41.1 Å². The molecule has 1 N–H and O–H groups in total. The second-order valence-corrected chi connectivity index (χ2v) is 6.24. The smallest absolute Gasteiger partial charge is 0.257 e. The number of furan rings is 1. The third-order valence-corrected chi connectivity index (χ3v) is 4.68. The number of aromatic nitrogens is 2. The molecular weight excluding hydrogens is 304 g/mol. The molecule has 6 nitrogen and oxygen atoms in total. The number of rotatable bonds is 3. The molecule has 1 atom stereocenters. The number of likely N-dealkylation sites (tertiary alicyclic amines) is 1. The van der Waals surface area contributed by atoms with Crippen molar-refractivity contribution in [1.82, 2.24) is 20.0 Å². The first kappa shape index (κ1) is 15.0. The van der Waals surface area contributed by atoms with Crippen molar-refractivity contribution in [2.75, 3.05) is 20.1 Å². The van der Waals surface area contributed by atoms with Crippen molar-refractivity contribution >= 4 is 16.9 Å². The predicted octanol–water partition coefficient (Wildman–Crippen LogP) is 2.27. The Morgan fingerprint density at radius 1 is 1.38 bits per heavy atom. The minimum absolute atomic E-state index is 0.0288. The van der Waals surface area contributed by atoms with E-state index in [-0.39, 0.29) is 5.91 Å². The summed E-state index contributed by atoms with van der Waals surface area (Å²) in [5.74, 6) is 0.0288. The number of hydrogen-bond donors (Lipinski definition) is 1. The summed E-state index contributed by atoms with van der Waals surface area (Å²) in [6.07, 6.45) is 4.46. The maximum absolute atomic E-state index is 13.0. The molecule has 1 aliphatic rings. The van der Waals surface area contributed by atoms with E-state index in [1.165, 1.54) is 0 Å². The Labute approximate surface area is 140 Å². The van der Waals surface area contributed by atoms with E-state index in [0.29, 0.717) is 17.3 Å². The van der Waals surface area contributed by atoms with Crippen LogP contribution in [0.4, 0.5) is 0 Å². The van der Waals surface area contributed by atoms with E-state index in [9.17, 15) is 4.79 Å². The number of nitrogens with zero attached hydrogens (tertiary/aromatic N) is 3. The van der Waals surface area contributed by atoms with Gasteiger partial charge in [-0.2, -0.15) is 5.10 Å². The first-order chi connectivity index (χ1) is 11.7. The topological polar surface area (TPSA) is 63.3 Å². The van der Waals surface area contributed by atoms with Crippen LogP contribution in [0.3, 0.4) is 0 Å². The fraction of sp³-hybridized carbons (Fsp3) is 0.333. The van der Waals surface area contributed by atoms with Crippen LogP contribution in [0.1, 0.15) is 16.8 Å². The van der Waals surface area contributed by atoms with Crippen molar-refractivity contribution in [3.05, 3.63) is 42.3 Å². The number of para-hydroxylation sites is 1. The molecule has 0 radical (unpaired) electrons. The van der Waals surface area contributed by atoms with Gasteiger partial charge in [0.15, 0.2) is 0 Å². The van der Waals surface area contributed by atoms with E-state index in [0.717, 1.165) is 36.0 Å². The molecule has 4 rings (SSSR count). The van der Waals surface area contributed by atoms with Crippen LogP contribution in [-0.4, -0.2) is 46.8 Å². The van der Waals surface area contributed by atoms with Gasteiger partial charge in [0.25, 0.3) is 5.91 Å². The minimum atomic E-state index is 0.0288. The van der Waals surface area contributed by atoms with Gasteiger partial charge in [0.1, 0.15) is 17.5 Å². The number of aryl methyl sites for hydroxylation is 1. The van der Waals surface area contributed by atoms with Crippen LogP contribution in [0.25, 0.3) is 22.2 Å². The first-order valence-electron chi connectivity index (χ1n) is 8.14. The van der Waals surface area contributed by atoms with E-state index < -0.39 is 0 Å². The van der Waals surface area contributed by atoms with E-state index in [4.69, 9.17) is 4.42 Å². The first-order valence-corrected chi connectivity index (χ1v) is 8.14. The number of nitrogens with one attached hydrogen (secondary N) is 1. The molecule has 1 amide bonds. The molecule has 124 valence electrons. The fourth-order valence-corrected chi connectivity index (χ4v) is 3.36. The molecule has 0 aliphatic carbocycles. The van der Waals surface area contributed by atoms with Crippen molar-refractivity contribution < 1.29 is 9.21 Å². The van der Waals surface area contributed by atoms with Gasteiger partial charge in [-0.25, -0.2) is 0 Å². The summed E-state index contributed by atoms with van der Waals surface area (Å²) < 4.78 is 7.31. The monoisotopic (exact) mass is 324 g/mol. The highest BCUT2D eigenvalue weighted by molar-refractivity contribution is 6.04. The van der Waals surface area contributed by atoms with Gasteiger partial charge in [-0.05, 0) is 19.5 Å². The summed E-state index contributed by atoms with van der Waals surface area (Å²) in [6.45, 7) is 1.50. The van der Waals surface area contributed by atoms with Gasteiger partial charge < -0.3 is 14.6 Å². The summed E-state index contributed by atoms with van der Waals surface area (Å²) in [7, 11) is 3.77. The molecule has 0 bridgehead atoms. The minimum Gasteiger partial charge on any atom is -0.464 e. The molecule has 0 spiro atoms. The average molecular weight is 324 g/mol. The average Bonchev–Trinajstić information content (AvgIpc) is 3.31. The fourth-order valence-electron chi connectivity index (χ4n) is 3.36. The highest BCUT2D eigenvalue weighted by atomic mass is 16.3. The van der Waals surface area contributed by atoms with Crippen LogP contribution in [0, 0.1) is 0 Å². The molecule has 1 unspecified atom stereocenters. The number of hydrogen-bond acceptors (Lipinski definition) is 4. The van der Waals surface area contributed by atoms with Crippen molar-refractivity contribution in [2.45, 2.75) is 12.5 Å². The van der Waals surface area contributed by atoms with Gasteiger partial charge >= 0.3 is 0 Å². The lowest BCUT2D eigenvalue weighted by molar-refractivity contribution is 0.0790. The van der Waals surface area contributed by atoms with Crippen LogP contribution >= 0.6 is 0 Å². The van der Waals surface area contributed by atoms with Gasteiger partial charge in [0, 0.05) is 43.3 Å². The SMILES string of the molecule is CNC1CCN(C(=O)c2cn(C)nc2-c2coc3ccccc23)C1. The van der Waals surface area contributed by atoms with Gasteiger partial charge in [-0.15, -0.1) is 0 Å². The second kappa shape index (κ2) is 5.79. The Hall–Kier alpha value is -2.60. The van der Waals surface area contributed by atoms with Gasteiger partial charge in [-0.3, -0.25) is 9.48 Å². The molecule has 24 heavy (non-hydrogen) atoms. The largest absolute Gasteiger partial charge is 0.464 e. The summed E-state index contributed by atoms with van der Waals surface area (Å²) in [5, 5.41) is 8.74. The van der Waals surface area contributed by atoms with Crippen LogP contribution in [0.5, 0.6) is 0 Å². The lowest BCUT2D eigenvalue weighted by atomic mass is 10.1. The van der Waals surface area contributed by atoms with Gasteiger partial charge in [0.2, 0.25) is 0 Å². The molecule has 1 aliphatic heterocycles. The van der Waals surface area contributed by atoms with Crippen LogP contribution in [0.2, 0.25) is 0 Å². The van der Waals surface area contributed by atoms with Crippen LogP contribution < -0.4 is 5.32 Å². The van der Waals surface area contributed by atoms with Crippen LogP contribution in [-0.2, 0) is 7.05 Å². The lowest BCUT2D eigenvalue weighted by Gasteiger charge is -2.16. The van der Waals surface area contributed by atoms with E-state index in [1.807, 2.05) is 43.3 Å². The third kappa shape index (κ3) is 2.39.